The molecule has 3 aromatic heterocycles. The summed E-state index contributed by atoms with van der Waals surface area (Å²) in [6.45, 7) is 9.40. The van der Waals surface area contributed by atoms with Crippen molar-refractivity contribution in [3.8, 4) is 11.5 Å². The smallest absolute Gasteiger partial charge is 0.251 e. The summed E-state index contributed by atoms with van der Waals surface area (Å²) in [5, 5.41) is 13.9. The lowest BCUT2D eigenvalue weighted by Crippen LogP contribution is -2.40. The highest BCUT2D eigenvalue weighted by Gasteiger charge is 2.28. The van der Waals surface area contributed by atoms with E-state index >= 15 is 0 Å². The minimum absolute atomic E-state index is 0.414. The van der Waals surface area contributed by atoms with E-state index in [2.05, 4.69) is 39.0 Å². The Balaban J connectivity index is 1.91. The standard InChI is InChI=1S/C19H26N6O2/c1-4-8-24(14-6-9-26-10-7-14)17-15-12-21-25(5-2)18(15)20-11-16(17)19-23-22-13(3)27-19/h11-12,14H,4-10H2,1-3H3. The quantitative estimate of drug-likeness (QED) is 0.659. The van der Waals surface area contributed by atoms with Crippen LogP contribution in [0.5, 0.6) is 0 Å². The lowest BCUT2D eigenvalue weighted by Gasteiger charge is -2.37. The minimum Gasteiger partial charge on any atom is -0.421 e. The van der Waals surface area contributed by atoms with Gasteiger partial charge < -0.3 is 14.1 Å². The number of pyridine rings is 1. The first-order valence-corrected chi connectivity index (χ1v) is 9.72. The summed E-state index contributed by atoms with van der Waals surface area (Å²) < 4.78 is 13.3. The molecule has 1 fully saturated rings. The van der Waals surface area contributed by atoms with Crippen LogP contribution in [0.2, 0.25) is 0 Å². The van der Waals surface area contributed by atoms with E-state index in [1.165, 1.54) is 0 Å². The van der Waals surface area contributed by atoms with Crippen molar-refractivity contribution in [2.75, 3.05) is 24.7 Å². The number of aromatic nitrogens is 5. The first-order valence-electron chi connectivity index (χ1n) is 9.72. The Bertz CT molecular complexity index is 912. The van der Waals surface area contributed by atoms with Crippen molar-refractivity contribution in [3.63, 3.8) is 0 Å². The van der Waals surface area contributed by atoms with Crippen LogP contribution in [-0.4, -0.2) is 50.8 Å². The third-order valence-corrected chi connectivity index (χ3v) is 5.08. The predicted molar refractivity (Wildman–Crippen MR) is 103 cm³/mol. The Hall–Kier alpha value is -2.48. The van der Waals surface area contributed by atoms with E-state index in [4.69, 9.17) is 9.15 Å². The topological polar surface area (TPSA) is 82.1 Å². The van der Waals surface area contributed by atoms with Crippen LogP contribution in [0.1, 0.15) is 39.0 Å². The van der Waals surface area contributed by atoms with Gasteiger partial charge in [-0.2, -0.15) is 5.10 Å². The molecule has 0 N–H and O–H groups in total. The molecule has 8 heteroatoms. The number of fused-ring (bicyclic) bond motifs is 1. The van der Waals surface area contributed by atoms with Gasteiger partial charge in [-0.25, -0.2) is 9.67 Å². The summed E-state index contributed by atoms with van der Waals surface area (Å²) >= 11 is 0. The van der Waals surface area contributed by atoms with Crippen LogP contribution >= 0.6 is 0 Å². The molecule has 0 atom stereocenters. The average Bonchev–Trinajstić information content (AvgIpc) is 3.32. The molecule has 0 spiro atoms. The summed E-state index contributed by atoms with van der Waals surface area (Å²) in [4.78, 5) is 7.14. The maximum Gasteiger partial charge on any atom is 0.251 e. The number of hydrogen-bond acceptors (Lipinski definition) is 7. The highest BCUT2D eigenvalue weighted by Crippen LogP contribution is 2.38. The molecule has 8 nitrogen and oxygen atoms in total. The number of ether oxygens (including phenoxy) is 1. The maximum absolute atomic E-state index is 5.77. The zero-order valence-corrected chi connectivity index (χ0v) is 16.2. The second-order valence-electron chi connectivity index (χ2n) is 6.88. The lowest BCUT2D eigenvalue weighted by molar-refractivity contribution is 0.0845. The van der Waals surface area contributed by atoms with Crippen LogP contribution in [0.3, 0.4) is 0 Å². The summed E-state index contributed by atoms with van der Waals surface area (Å²) in [5.41, 5.74) is 2.86. The molecule has 3 aromatic rings. The zero-order valence-electron chi connectivity index (χ0n) is 16.2. The fraction of sp³-hybridized carbons (Fsp3) is 0.579. The number of nitrogens with zero attached hydrogens (tertiary/aromatic N) is 6. The third kappa shape index (κ3) is 3.29. The number of rotatable bonds is 6. The molecule has 1 aliphatic heterocycles. The first-order chi connectivity index (χ1) is 13.2. The van der Waals surface area contributed by atoms with Crippen LogP contribution in [0.25, 0.3) is 22.5 Å². The van der Waals surface area contributed by atoms with E-state index < -0.39 is 0 Å². The van der Waals surface area contributed by atoms with Crippen LogP contribution in [-0.2, 0) is 11.3 Å². The summed E-state index contributed by atoms with van der Waals surface area (Å²) in [6.07, 6.45) is 6.82. The fourth-order valence-corrected chi connectivity index (χ4v) is 3.83. The van der Waals surface area contributed by atoms with Gasteiger partial charge in [0.05, 0.1) is 22.8 Å². The monoisotopic (exact) mass is 370 g/mol. The minimum atomic E-state index is 0.414. The highest BCUT2D eigenvalue weighted by molar-refractivity contribution is 5.97. The van der Waals surface area contributed by atoms with Crippen molar-refractivity contribution in [2.45, 2.75) is 52.6 Å². The Labute approximate surface area is 158 Å². The largest absolute Gasteiger partial charge is 0.421 e. The molecule has 4 heterocycles. The Morgan fingerprint density at radius 1 is 1.19 bits per heavy atom. The van der Waals surface area contributed by atoms with Crippen molar-refractivity contribution in [1.29, 1.82) is 0 Å². The molecule has 0 aliphatic carbocycles. The van der Waals surface area contributed by atoms with E-state index in [1.807, 2.05) is 17.1 Å². The van der Waals surface area contributed by atoms with Gasteiger partial charge in [-0.3, -0.25) is 0 Å². The predicted octanol–water partition coefficient (Wildman–Crippen LogP) is 3.21. The molecule has 0 saturated carbocycles. The van der Waals surface area contributed by atoms with E-state index in [9.17, 15) is 0 Å². The SMILES string of the molecule is CCCN(c1c(-c2nnc(C)o2)cnc2c1cnn2CC)C1CCOCC1. The molecule has 0 aromatic carbocycles. The van der Waals surface area contributed by atoms with Gasteiger partial charge in [-0.1, -0.05) is 6.92 Å². The molecular formula is C19H26N6O2. The number of anilines is 1. The van der Waals surface area contributed by atoms with Crippen LogP contribution in [0, 0.1) is 6.92 Å². The Morgan fingerprint density at radius 2 is 2.00 bits per heavy atom. The van der Waals surface area contributed by atoms with Gasteiger partial charge in [-0.05, 0) is 26.2 Å². The fourth-order valence-electron chi connectivity index (χ4n) is 3.83. The van der Waals surface area contributed by atoms with Gasteiger partial charge in [0.1, 0.15) is 0 Å². The molecule has 1 aliphatic rings. The molecule has 0 bridgehead atoms. The summed E-state index contributed by atoms with van der Waals surface area (Å²) in [7, 11) is 0. The van der Waals surface area contributed by atoms with Gasteiger partial charge >= 0.3 is 0 Å². The van der Waals surface area contributed by atoms with Gasteiger partial charge in [-0.15, -0.1) is 10.2 Å². The van der Waals surface area contributed by atoms with E-state index in [1.54, 1.807) is 6.92 Å². The lowest BCUT2D eigenvalue weighted by atomic mass is 10.0. The normalized spacial score (nSPS) is 15.5. The second-order valence-corrected chi connectivity index (χ2v) is 6.88. The average molecular weight is 370 g/mol. The van der Waals surface area contributed by atoms with Crippen molar-refractivity contribution < 1.29 is 9.15 Å². The van der Waals surface area contributed by atoms with Gasteiger partial charge in [0.2, 0.25) is 5.89 Å². The Kier molecular flexibility index (Phi) is 5.07. The molecule has 4 rings (SSSR count). The van der Waals surface area contributed by atoms with Crippen LogP contribution in [0.15, 0.2) is 16.8 Å². The molecular weight excluding hydrogens is 344 g/mol. The van der Waals surface area contributed by atoms with Crippen molar-refractivity contribution >= 4 is 16.7 Å². The van der Waals surface area contributed by atoms with E-state index in [0.717, 1.165) is 67.8 Å². The molecule has 27 heavy (non-hydrogen) atoms. The van der Waals surface area contributed by atoms with Gasteiger partial charge in [0, 0.05) is 45.5 Å². The molecule has 144 valence electrons. The van der Waals surface area contributed by atoms with E-state index in [-0.39, 0.29) is 0 Å². The third-order valence-electron chi connectivity index (χ3n) is 5.08. The van der Waals surface area contributed by atoms with Crippen LogP contribution < -0.4 is 4.90 Å². The number of aryl methyl sites for hydroxylation is 2. The first kappa shape index (κ1) is 17.9. The molecule has 0 amide bonds. The van der Waals surface area contributed by atoms with Gasteiger partial charge in [0.25, 0.3) is 5.89 Å². The van der Waals surface area contributed by atoms with Gasteiger partial charge in [0.15, 0.2) is 5.65 Å². The van der Waals surface area contributed by atoms with E-state index in [0.29, 0.717) is 17.8 Å². The highest BCUT2D eigenvalue weighted by atomic mass is 16.5. The summed E-state index contributed by atoms with van der Waals surface area (Å²) in [6, 6.07) is 0.414. The molecule has 1 saturated heterocycles. The Morgan fingerprint density at radius 3 is 2.67 bits per heavy atom. The summed E-state index contributed by atoms with van der Waals surface area (Å²) in [5.74, 6) is 1.06. The maximum atomic E-state index is 5.77. The van der Waals surface area contributed by atoms with Crippen molar-refractivity contribution in [2.24, 2.45) is 0 Å². The number of hydrogen-bond donors (Lipinski definition) is 0. The van der Waals surface area contributed by atoms with Crippen molar-refractivity contribution in [3.05, 3.63) is 18.3 Å². The van der Waals surface area contributed by atoms with Crippen LogP contribution in [0.4, 0.5) is 5.69 Å². The second kappa shape index (κ2) is 7.64. The molecule has 0 radical (unpaired) electrons. The zero-order chi connectivity index (χ0) is 18.8. The van der Waals surface area contributed by atoms with Crippen molar-refractivity contribution in [1.82, 2.24) is 25.0 Å². The molecule has 0 unspecified atom stereocenters.